The summed E-state index contributed by atoms with van der Waals surface area (Å²) in [6.07, 6.45) is -5.29. The number of halogens is 6. The first kappa shape index (κ1) is 17.2. The number of aromatic nitrogens is 2. The summed E-state index contributed by atoms with van der Waals surface area (Å²) >= 11 is 6.64. The maximum absolute atomic E-state index is 15.3. The highest BCUT2D eigenvalue weighted by atomic mass is 35.5. The van der Waals surface area contributed by atoms with Crippen molar-refractivity contribution in [3.8, 4) is 11.1 Å². The molecule has 0 aliphatic carbocycles. The molecule has 0 unspecified atom stereocenters. The van der Waals surface area contributed by atoms with Crippen LogP contribution in [0.3, 0.4) is 0 Å². The number of hydrogen-bond donors (Lipinski definition) is 1. The second-order valence-electron chi connectivity index (χ2n) is 8.79. The monoisotopic (exact) mass is 566 g/mol. The first-order valence-electron chi connectivity index (χ1n) is 14.7. The molecule has 13 heteroatoms. The Bertz CT molecular complexity index is 1810. The van der Waals surface area contributed by atoms with Gasteiger partial charge in [0.15, 0.2) is 0 Å². The Morgan fingerprint density at radius 2 is 1.89 bits per heavy atom. The van der Waals surface area contributed by atoms with E-state index >= 15 is 4.39 Å². The van der Waals surface area contributed by atoms with Gasteiger partial charge in [-0.3, -0.25) is 4.57 Å². The van der Waals surface area contributed by atoms with Gasteiger partial charge in [-0.1, -0.05) is 11.6 Å². The SMILES string of the molecule is [2H]C1([2H])NC([2H])([2H])C([2H])([2H])N(c2nc(=O)n3c4c(c(-c5cc(Cl)c(F)cc5F)c(C(F)(F)F)cc24)SCC2(COC2)C3)C1([2H])[2H]. The highest BCUT2D eigenvalue weighted by molar-refractivity contribution is 7.99. The van der Waals surface area contributed by atoms with E-state index in [2.05, 4.69) is 4.98 Å². The van der Waals surface area contributed by atoms with E-state index in [1.54, 1.807) is 5.32 Å². The van der Waals surface area contributed by atoms with E-state index < -0.39 is 87.8 Å². The number of piperazine rings is 1. The van der Waals surface area contributed by atoms with Crippen LogP contribution >= 0.6 is 23.4 Å². The zero-order valence-electron chi connectivity index (χ0n) is 26.4. The Kier molecular flexibility index (Phi) is 4.11. The lowest BCUT2D eigenvalue weighted by atomic mass is 9.88. The van der Waals surface area contributed by atoms with E-state index in [1.807, 2.05) is 0 Å². The van der Waals surface area contributed by atoms with Crippen LogP contribution in [0.15, 0.2) is 27.9 Å². The minimum atomic E-state index is -5.29. The van der Waals surface area contributed by atoms with Gasteiger partial charge >= 0.3 is 11.9 Å². The molecule has 2 saturated heterocycles. The van der Waals surface area contributed by atoms with Crippen molar-refractivity contribution in [3.05, 3.63) is 50.9 Å². The number of benzene rings is 2. The number of nitrogens with zero attached hydrogens (tertiary/aromatic N) is 3. The summed E-state index contributed by atoms with van der Waals surface area (Å²) in [5.41, 5.74) is -5.51. The summed E-state index contributed by atoms with van der Waals surface area (Å²) < 4.78 is 147. The van der Waals surface area contributed by atoms with Gasteiger partial charge in [-0.05, 0) is 12.1 Å². The number of alkyl halides is 3. The molecule has 3 aliphatic rings. The van der Waals surface area contributed by atoms with Gasteiger partial charge in [0.2, 0.25) is 0 Å². The molecule has 1 aromatic heterocycles. The maximum Gasteiger partial charge on any atom is 0.417 e. The fraction of sp³-hybridized carbons (Fsp3) is 0.417. The van der Waals surface area contributed by atoms with Gasteiger partial charge in [-0.2, -0.15) is 18.2 Å². The maximum atomic E-state index is 15.3. The molecule has 0 amide bonds. The Morgan fingerprint density at radius 3 is 2.54 bits per heavy atom. The van der Waals surface area contributed by atoms with Crippen LogP contribution in [0.1, 0.15) is 16.5 Å². The van der Waals surface area contributed by atoms with Crippen molar-refractivity contribution in [2.75, 3.05) is 49.9 Å². The van der Waals surface area contributed by atoms with E-state index in [9.17, 15) is 22.4 Å². The zero-order chi connectivity index (χ0) is 33.3. The lowest BCUT2D eigenvalue weighted by Crippen LogP contribution is -2.49. The predicted octanol–water partition coefficient (Wildman–Crippen LogP) is 4.55. The summed E-state index contributed by atoms with van der Waals surface area (Å²) in [5, 5.41) is 0.225. The largest absolute Gasteiger partial charge is 0.417 e. The van der Waals surface area contributed by atoms with Crippen molar-refractivity contribution in [2.45, 2.75) is 17.6 Å². The van der Waals surface area contributed by atoms with Crippen molar-refractivity contribution in [1.82, 2.24) is 14.9 Å². The van der Waals surface area contributed by atoms with Crippen LogP contribution in [0.2, 0.25) is 5.02 Å². The van der Waals surface area contributed by atoms with E-state index in [1.165, 1.54) is 0 Å². The van der Waals surface area contributed by atoms with Crippen molar-refractivity contribution in [3.63, 3.8) is 0 Å². The average molecular weight is 567 g/mol. The van der Waals surface area contributed by atoms with Gasteiger partial charge in [0.1, 0.15) is 17.5 Å². The summed E-state index contributed by atoms with van der Waals surface area (Å²) in [7, 11) is 0. The Hall–Kier alpha value is -2.41. The molecular formula is C24H20ClF5N4O2S. The predicted molar refractivity (Wildman–Crippen MR) is 130 cm³/mol. The summed E-state index contributed by atoms with van der Waals surface area (Å²) in [4.78, 5) is 17.0. The highest BCUT2D eigenvalue weighted by Crippen LogP contribution is 2.51. The quantitative estimate of drug-likeness (QED) is 0.363. The van der Waals surface area contributed by atoms with Crippen molar-refractivity contribution in [2.24, 2.45) is 5.41 Å². The Labute approximate surface area is 228 Å². The van der Waals surface area contributed by atoms with Crippen LogP contribution in [-0.2, 0) is 17.5 Å². The lowest BCUT2D eigenvalue weighted by Gasteiger charge is -2.40. The minimum absolute atomic E-state index is 0.0454. The zero-order valence-corrected chi connectivity index (χ0v) is 20.0. The van der Waals surface area contributed by atoms with Crippen LogP contribution in [-0.4, -0.2) is 54.5 Å². The van der Waals surface area contributed by atoms with E-state index in [4.69, 9.17) is 27.3 Å². The third-order valence-electron chi connectivity index (χ3n) is 6.29. The van der Waals surface area contributed by atoms with E-state index in [-0.39, 0.29) is 40.8 Å². The fourth-order valence-electron chi connectivity index (χ4n) is 4.56. The number of hydrogen-bond acceptors (Lipinski definition) is 6. The topological polar surface area (TPSA) is 59.4 Å². The van der Waals surface area contributed by atoms with Crippen LogP contribution in [0.25, 0.3) is 22.0 Å². The second kappa shape index (κ2) is 8.82. The number of anilines is 1. The molecule has 196 valence electrons. The Balaban J connectivity index is 1.81. The number of nitrogens with one attached hydrogen (secondary N) is 1. The first-order valence-corrected chi connectivity index (χ1v) is 12.0. The van der Waals surface area contributed by atoms with Crippen molar-refractivity contribution < 1.29 is 37.7 Å². The molecule has 0 atom stereocenters. The highest BCUT2D eigenvalue weighted by Gasteiger charge is 2.44. The third kappa shape index (κ3) is 4.08. The van der Waals surface area contributed by atoms with Crippen LogP contribution < -0.4 is 15.9 Å². The first-order chi connectivity index (χ1) is 20.5. The standard InChI is InChI=1S/C24H20ClF5N4O2S/c25-15-6-12(16(26)7-17(15)27)18-14(24(28,29)30)5-13-19-20(18)37-11-23(9-36-10-23)8-34(19)22(35)32-21(13)33-3-1-31-2-4-33/h5-7,31H,1-4,8-11H2/i1D2,2D2,3D2,4D2. The smallest absolute Gasteiger partial charge is 0.380 e. The molecule has 0 radical (unpaired) electrons. The molecule has 0 bridgehead atoms. The number of rotatable bonds is 2. The van der Waals surface area contributed by atoms with Gasteiger partial charge in [0.05, 0.1) is 34.8 Å². The molecule has 37 heavy (non-hydrogen) atoms. The van der Waals surface area contributed by atoms with Gasteiger partial charge in [0, 0.05) is 76.7 Å². The molecule has 1 spiro atoms. The summed E-state index contributed by atoms with van der Waals surface area (Å²) in [5.74, 6) is -3.73. The molecule has 6 nitrogen and oxygen atoms in total. The average Bonchev–Trinajstić information content (AvgIpc) is 3.05. The molecule has 3 aromatic rings. The summed E-state index contributed by atoms with van der Waals surface area (Å²) in [6, 6.07) is 1.35. The number of ether oxygens (including phenoxy) is 1. The molecule has 2 fully saturated rings. The molecule has 0 saturated carbocycles. The van der Waals surface area contributed by atoms with Crippen molar-refractivity contribution in [1.29, 1.82) is 0 Å². The molecule has 4 heterocycles. The second-order valence-corrected chi connectivity index (χ2v) is 10.2. The molecule has 6 rings (SSSR count). The lowest BCUT2D eigenvalue weighted by molar-refractivity contribution is -0.137. The third-order valence-corrected chi connectivity index (χ3v) is 8.02. The molecular weight excluding hydrogens is 539 g/mol. The van der Waals surface area contributed by atoms with E-state index in [0.717, 1.165) is 16.3 Å². The molecule has 1 N–H and O–H groups in total. The fourth-order valence-corrected chi connectivity index (χ4v) is 6.15. The normalized spacial score (nSPS) is 27.9. The summed E-state index contributed by atoms with van der Waals surface area (Å²) in [6.45, 7) is -13.8. The van der Waals surface area contributed by atoms with E-state index in [0.29, 0.717) is 18.2 Å². The van der Waals surface area contributed by atoms with Crippen LogP contribution in [0.4, 0.5) is 27.8 Å². The Morgan fingerprint density at radius 1 is 1.16 bits per heavy atom. The van der Waals surface area contributed by atoms with Crippen LogP contribution in [0, 0.1) is 17.0 Å². The van der Waals surface area contributed by atoms with Gasteiger partial charge in [-0.15, -0.1) is 11.8 Å². The van der Waals surface area contributed by atoms with Crippen LogP contribution in [0.5, 0.6) is 0 Å². The van der Waals surface area contributed by atoms with Gasteiger partial charge in [0.25, 0.3) is 0 Å². The van der Waals surface area contributed by atoms with Crippen molar-refractivity contribution >= 4 is 40.1 Å². The van der Waals surface area contributed by atoms with Gasteiger partial charge < -0.3 is 15.0 Å². The number of thioether (sulfide) groups is 1. The minimum Gasteiger partial charge on any atom is -0.380 e. The molecule has 3 aliphatic heterocycles. The molecule has 2 aromatic carbocycles. The van der Waals surface area contributed by atoms with Gasteiger partial charge in [-0.25, -0.2) is 13.6 Å².